The van der Waals surface area contributed by atoms with Crippen molar-refractivity contribution in [2.45, 2.75) is 64.6 Å². The maximum atomic E-state index is 13.8. The number of carbonyl (C=O) groups is 1. The molecule has 0 bridgehead atoms. The molecule has 0 aromatic rings. The number of nitrogens with zero attached hydrogens (tertiary/aromatic N) is 1. The number of carbonyl (C=O) groups excluding carboxylic acids is 1. The van der Waals surface area contributed by atoms with Crippen LogP contribution in [0.25, 0.3) is 0 Å². The van der Waals surface area contributed by atoms with Crippen molar-refractivity contribution in [3.8, 4) is 0 Å². The van der Waals surface area contributed by atoms with E-state index in [0.29, 0.717) is 19.7 Å². The van der Waals surface area contributed by atoms with Gasteiger partial charge in [-0.25, -0.2) is 4.39 Å². The van der Waals surface area contributed by atoms with E-state index in [1.165, 1.54) is 13.8 Å². The Balaban J connectivity index is 2.66. The molecule has 0 aromatic heterocycles. The first kappa shape index (κ1) is 17.6. The summed E-state index contributed by atoms with van der Waals surface area (Å²) in [5.41, 5.74) is -1.83. The van der Waals surface area contributed by atoms with Gasteiger partial charge in [-0.3, -0.25) is 10.1 Å². The van der Waals surface area contributed by atoms with Crippen LogP contribution in [0.2, 0.25) is 18.1 Å². The smallest absolute Gasteiger partial charge is 0.261 e. The molecule has 0 saturated carbocycles. The van der Waals surface area contributed by atoms with E-state index in [1.54, 1.807) is 4.90 Å². The normalized spacial score (nSPS) is 21.4. The van der Waals surface area contributed by atoms with Crippen LogP contribution in [0, 0.1) is 0 Å². The molecule has 20 heavy (non-hydrogen) atoms. The van der Waals surface area contributed by atoms with Crippen LogP contribution in [0.4, 0.5) is 4.39 Å². The Morgan fingerprint density at radius 1 is 1.35 bits per heavy atom. The fraction of sp³-hybridized carbons (Fsp3) is 0.929. The third-order valence-corrected chi connectivity index (χ3v) is 8.79. The summed E-state index contributed by atoms with van der Waals surface area (Å²) in [7, 11) is -1.85. The van der Waals surface area contributed by atoms with Crippen LogP contribution >= 0.6 is 0 Å². The van der Waals surface area contributed by atoms with Gasteiger partial charge in [0.15, 0.2) is 14.0 Å². The van der Waals surface area contributed by atoms with Gasteiger partial charge < -0.3 is 9.33 Å². The second kappa shape index (κ2) is 5.73. The number of hydrogen-bond acceptors (Lipinski definition) is 3. The first-order chi connectivity index (χ1) is 8.86. The van der Waals surface area contributed by atoms with Gasteiger partial charge in [-0.1, -0.05) is 20.8 Å². The summed E-state index contributed by atoms with van der Waals surface area (Å²) in [4.78, 5) is 13.6. The summed E-state index contributed by atoms with van der Waals surface area (Å²) in [6.45, 7) is 15.1. The van der Waals surface area contributed by atoms with E-state index >= 15 is 0 Å². The van der Waals surface area contributed by atoms with Gasteiger partial charge in [-0.05, 0) is 32.0 Å². The summed E-state index contributed by atoms with van der Waals surface area (Å²) in [5, 5.41) is 3.34. The molecule has 1 heterocycles. The number of hydrogen-bond donors (Lipinski definition) is 1. The Morgan fingerprint density at radius 3 is 2.35 bits per heavy atom. The zero-order chi connectivity index (χ0) is 15.8. The van der Waals surface area contributed by atoms with Gasteiger partial charge in [0, 0.05) is 13.1 Å². The Morgan fingerprint density at radius 2 is 1.90 bits per heavy atom. The second-order valence-corrected chi connectivity index (χ2v) is 12.3. The van der Waals surface area contributed by atoms with Crippen molar-refractivity contribution in [2.24, 2.45) is 0 Å². The van der Waals surface area contributed by atoms with Gasteiger partial charge in [0.05, 0.1) is 6.61 Å². The van der Waals surface area contributed by atoms with Crippen molar-refractivity contribution in [2.75, 3.05) is 19.7 Å². The maximum Gasteiger partial charge on any atom is 0.261 e. The molecular formula is C14H29FN2O2Si. The highest BCUT2D eigenvalue weighted by Crippen LogP contribution is 2.36. The molecule has 0 aliphatic carbocycles. The zero-order valence-corrected chi connectivity index (χ0v) is 14.8. The molecule has 1 amide bonds. The lowest BCUT2D eigenvalue weighted by Crippen LogP contribution is -2.52. The van der Waals surface area contributed by atoms with E-state index in [2.05, 4.69) is 39.2 Å². The van der Waals surface area contributed by atoms with E-state index in [4.69, 9.17) is 4.43 Å². The quantitative estimate of drug-likeness (QED) is 0.812. The van der Waals surface area contributed by atoms with Crippen LogP contribution in [0.1, 0.15) is 34.6 Å². The first-order valence-electron chi connectivity index (χ1n) is 7.23. The molecule has 0 aromatic carbocycles. The molecule has 4 nitrogen and oxygen atoms in total. The molecule has 6 heteroatoms. The summed E-state index contributed by atoms with van der Waals surface area (Å²) in [6.07, 6.45) is -0.216. The molecule has 1 saturated heterocycles. The average Bonchev–Trinajstić information content (AvgIpc) is 2.70. The standard InChI is InChI=1S/C14H29FN2O2Si/c1-13(2,3)20(6,7)19-10-11-16-8-9-17(11)12(18)14(4,5)15/h11,16H,8-10H2,1-7H3. The van der Waals surface area contributed by atoms with Crippen LogP contribution in [0.5, 0.6) is 0 Å². The van der Waals surface area contributed by atoms with Gasteiger partial charge in [-0.15, -0.1) is 0 Å². The van der Waals surface area contributed by atoms with Crippen molar-refractivity contribution in [1.82, 2.24) is 10.2 Å². The molecule has 118 valence electrons. The summed E-state index contributed by atoms with van der Waals surface area (Å²) >= 11 is 0. The minimum absolute atomic E-state index is 0.125. The largest absolute Gasteiger partial charge is 0.413 e. The average molecular weight is 304 g/mol. The molecule has 1 aliphatic heterocycles. The number of amides is 1. The zero-order valence-electron chi connectivity index (χ0n) is 13.8. The third kappa shape index (κ3) is 4.02. The molecule has 1 N–H and O–H groups in total. The lowest BCUT2D eigenvalue weighted by atomic mass is 10.1. The minimum atomic E-state index is -1.85. The van der Waals surface area contributed by atoms with E-state index in [0.717, 1.165) is 0 Å². The lowest BCUT2D eigenvalue weighted by molar-refractivity contribution is -0.143. The number of alkyl halides is 1. The van der Waals surface area contributed by atoms with Crippen molar-refractivity contribution in [3.05, 3.63) is 0 Å². The van der Waals surface area contributed by atoms with Crippen LogP contribution in [-0.2, 0) is 9.22 Å². The fourth-order valence-electron chi connectivity index (χ4n) is 1.85. The van der Waals surface area contributed by atoms with Gasteiger partial charge in [0.2, 0.25) is 0 Å². The molecule has 1 atom stereocenters. The fourth-order valence-corrected chi connectivity index (χ4v) is 2.86. The first-order valence-corrected chi connectivity index (χ1v) is 10.1. The van der Waals surface area contributed by atoms with Gasteiger partial charge in [-0.2, -0.15) is 0 Å². The topological polar surface area (TPSA) is 41.6 Å². The minimum Gasteiger partial charge on any atom is -0.413 e. The van der Waals surface area contributed by atoms with Gasteiger partial charge >= 0.3 is 0 Å². The number of nitrogens with one attached hydrogen (secondary N) is 1. The highest BCUT2D eigenvalue weighted by molar-refractivity contribution is 6.74. The summed E-state index contributed by atoms with van der Waals surface area (Å²) in [6, 6.07) is 0. The van der Waals surface area contributed by atoms with E-state index in [9.17, 15) is 9.18 Å². The molecule has 1 aliphatic rings. The molecular weight excluding hydrogens is 275 g/mol. The van der Waals surface area contributed by atoms with E-state index in [-0.39, 0.29) is 11.2 Å². The summed E-state index contributed by atoms with van der Waals surface area (Å²) < 4.78 is 20.0. The van der Waals surface area contributed by atoms with Crippen molar-refractivity contribution >= 4 is 14.2 Å². The Labute approximate surface area is 123 Å². The lowest BCUT2D eigenvalue weighted by Gasteiger charge is -2.38. The van der Waals surface area contributed by atoms with E-state index in [1.807, 2.05) is 0 Å². The summed E-state index contributed by atoms with van der Waals surface area (Å²) in [5.74, 6) is -0.466. The number of halogens is 1. The molecule has 1 rings (SSSR count). The van der Waals surface area contributed by atoms with E-state index < -0.39 is 19.9 Å². The second-order valence-electron chi connectivity index (χ2n) is 7.51. The van der Waals surface area contributed by atoms with Crippen molar-refractivity contribution in [3.63, 3.8) is 0 Å². The molecule has 1 fully saturated rings. The van der Waals surface area contributed by atoms with Gasteiger partial charge in [0.1, 0.15) is 6.17 Å². The van der Waals surface area contributed by atoms with Gasteiger partial charge in [0.25, 0.3) is 5.91 Å². The Bertz CT molecular complexity index is 361. The van der Waals surface area contributed by atoms with Crippen molar-refractivity contribution in [1.29, 1.82) is 0 Å². The highest BCUT2D eigenvalue weighted by atomic mass is 28.4. The van der Waals surface area contributed by atoms with Crippen molar-refractivity contribution < 1.29 is 13.6 Å². The van der Waals surface area contributed by atoms with Crippen LogP contribution in [-0.4, -0.2) is 50.7 Å². The molecule has 0 radical (unpaired) electrons. The number of rotatable bonds is 4. The highest BCUT2D eigenvalue weighted by Gasteiger charge is 2.41. The van der Waals surface area contributed by atoms with Crippen LogP contribution in [0.15, 0.2) is 0 Å². The third-order valence-electron chi connectivity index (χ3n) is 4.29. The predicted octanol–water partition coefficient (Wildman–Crippen LogP) is 2.51. The SMILES string of the molecule is CC(C)(F)C(=O)N1CCNC1CO[Si](C)(C)C(C)(C)C. The predicted molar refractivity (Wildman–Crippen MR) is 81.8 cm³/mol. The molecule has 1 unspecified atom stereocenters. The monoisotopic (exact) mass is 304 g/mol. The Kier molecular flexibility index (Phi) is 5.04. The Hall–Kier alpha value is -0.463. The van der Waals surface area contributed by atoms with Crippen LogP contribution < -0.4 is 5.32 Å². The van der Waals surface area contributed by atoms with Crippen LogP contribution in [0.3, 0.4) is 0 Å². The molecule has 0 spiro atoms. The maximum absolute atomic E-state index is 13.8.